The summed E-state index contributed by atoms with van der Waals surface area (Å²) >= 11 is 5.14. The van der Waals surface area contributed by atoms with Gasteiger partial charge in [0.2, 0.25) is 0 Å². The molecular formula is C18H19N3O4S. The molecule has 0 aliphatic rings. The van der Waals surface area contributed by atoms with E-state index in [9.17, 15) is 14.9 Å². The van der Waals surface area contributed by atoms with Crippen LogP contribution in [0.5, 0.6) is 5.75 Å². The van der Waals surface area contributed by atoms with Gasteiger partial charge in [-0.3, -0.25) is 20.2 Å². The molecule has 2 aromatic carbocycles. The maximum absolute atomic E-state index is 12.3. The summed E-state index contributed by atoms with van der Waals surface area (Å²) in [6, 6.07) is 11.3. The van der Waals surface area contributed by atoms with Crippen molar-refractivity contribution in [1.29, 1.82) is 0 Å². The van der Waals surface area contributed by atoms with E-state index >= 15 is 0 Å². The first-order chi connectivity index (χ1) is 12.3. The number of amides is 1. The summed E-state index contributed by atoms with van der Waals surface area (Å²) in [4.78, 5) is 22.9. The average molecular weight is 373 g/mol. The van der Waals surface area contributed by atoms with E-state index < -0.39 is 10.8 Å². The predicted octanol–water partition coefficient (Wildman–Crippen LogP) is 3.82. The Kier molecular flexibility index (Phi) is 6.24. The largest absolute Gasteiger partial charge is 0.491 e. The van der Waals surface area contributed by atoms with Crippen LogP contribution in [-0.2, 0) is 0 Å². The van der Waals surface area contributed by atoms with Gasteiger partial charge in [-0.1, -0.05) is 12.1 Å². The number of nitro benzene ring substituents is 1. The smallest absolute Gasteiger partial charge is 0.274 e. The molecule has 0 spiro atoms. The van der Waals surface area contributed by atoms with Gasteiger partial charge >= 0.3 is 0 Å². The van der Waals surface area contributed by atoms with Gasteiger partial charge < -0.3 is 10.1 Å². The normalized spacial score (nSPS) is 10.3. The molecule has 0 bridgehead atoms. The van der Waals surface area contributed by atoms with Gasteiger partial charge in [-0.25, -0.2) is 0 Å². The molecule has 1 amide bonds. The quantitative estimate of drug-likeness (QED) is 0.470. The molecule has 8 heteroatoms. The minimum Gasteiger partial charge on any atom is -0.491 e. The zero-order valence-electron chi connectivity index (χ0n) is 14.6. The Hall–Kier alpha value is -3.00. The van der Waals surface area contributed by atoms with Crippen molar-refractivity contribution < 1.29 is 14.5 Å². The number of ether oxygens (including phenoxy) is 1. The second-order valence-electron chi connectivity index (χ2n) is 5.81. The van der Waals surface area contributed by atoms with Gasteiger partial charge in [-0.2, -0.15) is 0 Å². The molecule has 0 saturated carbocycles. The van der Waals surface area contributed by atoms with Gasteiger partial charge in [-0.05, 0) is 57.3 Å². The summed E-state index contributed by atoms with van der Waals surface area (Å²) in [5.74, 6) is 0.181. The fourth-order valence-corrected chi connectivity index (χ4v) is 2.47. The van der Waals surface area contributed by atoms with Gasteiger partial charge in [0, 0.05) is 11.6 Å². The molecule has 0 heterocycles. The molecular weight excluding hydrogens is 354 g/mol. The first kappa shape index (κ1) is 19.3. The van der Waals surface area contributed by atoms with Gasteiger partial charge in [0.25, 0.3) is 11.6 Å². The molecule has 0 aromatic heterocycles. The molecule has 2 N–H and O–H groups in total. The average Bonchev–Trinajstić information content (AvgIpc) is 2.56. The number of rotatable bonds is 5. The van der Waals surface area contributed by atoms with Crippen molar-refractivity contribution in [3.63, 3.8) is 0 Å². The van der Waals surface area contributed by atoms with Crippen molar-refractivity contribution in [2.24, 2.45) is 0 Å². The zero-order chi connectivity index (χ0) is 19.3. The number of benzene rings is 2. The highest BCUT2D eigenvalue weighted by Crippen LogP contribution is 2.25. The van der Waals surface area contributed by atoms with Crippen LogP contribution in [-0.4, -0.2) is 22.0 Å². The number of nitrogens with one attached hydrogen (secondary N) is 2. The number of anilines is 1. The predicted molar refractivity (Wildman–Crippen MR) is 104 cm³/mol. The SMILES string of the molecule is Cc1c(NC(=S)NC(=O)c2cccc(OC(C)C)c2)cccc1[N+](=O)[O-]. The van der Waals surface area contributed by atoms with Crippen LogP contribution in [0.1, 0.15) is 29.8 Å². The lowest BCUT2D eigenvalue weighted by Crippen LogP contribution is -2.34. The van der Waals surface area contributed by atoms with Crippen LogP contribution < -0.4 is 15.4 Å². The van der Waals surface area contributed by atoms with Gasteiger partial charge in [-0.15, -0.1) is 0 Å². The van der Waals surface area contributed by atoms with E-state index in [2.05, 4.69) is 10.6 Å². The Morgan fingerprint density at radius 3 is 2.58 bits per heavy atom. The maximum atomic E-state index is 12.3. The van der Waals surface area contributed by atoms with Crippen LogP contribution in [0.2, 0.25) is 0 Å². The van der Waals surface area contributed by atoms with E-state index in [-0.39, 0.29) is 16.9 Å². The number of thiocarbonyl (C=S) groups is 1. The Labute approximate surface area is 156 Å². The van der Waals surface area contributed by atoms with E-state index in [0.29, 0.717) is 22.6 Å². The minimum absolute atomic E-state index is 0.00657. The van der Waals surface area contributed by atoms with Gasteiger partial charge in [0.1, 0.15) is 5.75 Å². The Bertz CT molecular complexity index is 852. The number of nitro groups is 1. The summed E-state index contributed by atoms with van der Waals surface area (Å²) in [5.41, 5.74) is 1.26. The van der Waals surface area contributed by atoms with Crippen molar-refractivity contribution in [2.45, 2.75) is 26.9 Å². The molecule has 0 aliphatic heterocycles. The van der Waals surface area contributed by atoms with Crippen molar-refractivity contribution in [3.8, 4) is 5.75 Å². The second kappa shape index (κ2) is 8.39. The summed E-state index contributed by atoms with van der Waals surface area (Å²) in [7, 11) is 0. The molecule has 136 valence electrons. The molecule has 2 aromatic rings. The summed E-state index contributed by atoms with van der Waals surface area (Å²) in [6.45, 7) is 5.40. The van der Waals surface area contributed by atoms with Crippen molar-refractivity contribution in [3.05, 3.63) is 63.7 Å². The minimum atomic E-state index is -0.470. The van der Waals surface area contributed by atoms with Crippen LogP contribution in [0.15, 0.2) is 42.5 Å². The Morgan fingerprint density at radius 2 is 1.92 bits per heavy atom. The summed E-state index contributed by atoms with van der Waals surface area (Å²) < 4.78 is 5.56. The number of hydrogen-bond donors (Lipinski definition) is 2. The van der Waals surface area contributed by atoms with Crippen LogP contribution in [0.25, 0.3) is 0 Å². The van der Waals surface area contributed by atoms with E-state index in [1.54, 1.807) is 43.3 Å². The molecule has 0 aliphatic carbocycles. The molecule has 2 rings (SSSR count). The summed E-state index contributed by atoms with van der Waals surface area (Å²) in [6.07, 6.45) is -0.00657. The Balaban J connectivity index is 2.07. The van der Waals surface area contributed by atoms with Crippen molar-refractivity contribution >= 4 is 34.6 Å². The second-order valence-corrected chi connectivity index (χ2v) is 6.22. The van der Waals surface area contributed by atoms with Crippen molar-refractivity contribution in [2.75, 3.05) is 5.32 Å². The number of nitrogens with zero attached hydrogens (tertiary/aromatic N) is 1. The van der Waals surface area contributed by atoms with E-state index in [1.165, 1.54) is 6.07 Å². The highest BCUT2D eigenvalue weighted by Gasteiger charge is 2.15. The molecule has 7 nitrogen and oxygen atoms in total. The highest BCUT2D eigenvalue weighted by atomic mass is 32.1. The molecule has 26 heavy (non-hydrogen) atoms. The first-order valence-electron chi connectivity index (χ1n) is 7.91. The summed E-state index contributed by atoms with van der Waals surface area (Å²) in [5, 5.41) is 16.4. The van der Waals surface area contributed by atoms with Crippen LogP contribution in [0, 0.1) is 17.0 Å². The molecule has 0 fully saturated rings. The lowest BCUT2D eigenvalue weighted by atomic mass is 10.1. The third-order valence-corrected chi connectivity index (χ3v) is 3.65. The number of hydrogen-bond acceptors (Lipinski definition) is 5. The highest BCUT2D eigenvalue weighted by molar-refractivity contribution is 7.80. The number of carbonyl (C=O) groups excluding carboxylic acids is 1. The van der Waals surface area contributed by atoms with Crippen molar-refractivity contribution in [1.82, 2.24) is 5.32 Å². The van der Waals surface area contributed by atoms with Gasteiger partial charge in [0.15, 0.2) is 5.11 Å². The van der Waals surface area contributed by atoms with E-state index in [0.717, 1.165) is 0 Å². The fraction of sp³-hybridized carbons (Fsp3) is 0.222. The standard InChI is InChI=1S/C18H19N3O4S/c1-11(2)25-14-7-4-6-13(10-14)17(22)20-18(26)19-15-8-5-9-16(12(15)3)21(23)24/h4-11H,1-3H3,(H2,19,20,22,26). The maximum Gasteiger partial charge on any atom is 0.274 e. The van der Waals surface area contributed by atoms with E-state index in [4.69, 9.17) is 17.0 Å². The van der Waals surface area contributed by atoms with Crippen LogP contribution >= 0.6 is 12.2 Å². The third-order valence-electron chi connectivity index (χ3n) is 3.45. The topological polar surface area (TPSA) is 93.5 Å². The fourth-order valence-electron chi connectivity index (χ4n) is 2.27. The van der Waals surface area contributed by atoms with Crippen LogP contribution in [0.4, 0.5) is 11.4 Å². The molecule has 0 atom stereocenters. The van der Waals surface area contributed by atoms with Crippen LogP contribution in [0.3, 0.4) is 0 Å². The Morgan fingerprint density at radius 1 is 1.23 bits per heavy atom. The number of carbonyl (C=O) groups is 1. The molecule has 0 saturated heterocycles. The van der Waals surface area contributed by atoms with Gasteiger partial charge in [0.05, 0.1) is 22.3 Å². The lowest BCUT2D eigenvalue weighted by molar-refractivity contribution is -0.385. The third kappa shape index (κ3) is 5.00. The zero-order valence-corrected chi connectivity index (χ0v) is 15.4. The van der Waals surface area contributed by atoms with E-state index in [1.807, 2.05) is 13.8 Å². The molecule has 0 radical (unpaired) electrons. The monoisotopic (exact) mass is 373 g/mol. The lowest BCUT2D eigenvalue weighted by Gasteiger charge is -2.13. The first-order valence-corrected chi connectivity index (χ1v) is 8.32. The molecule has 0 unspecified atom stereocenters.